The Hall–Kier alpha value is -1.06. The molecule has 4 heteroatoms. The van der Waals surface area contributed by atoms with Gasteiger partial charge < -0.3 is 9.84 Å². The van der Waals surface area contributed by atoms with Crippen LogP contribution in [0.5, 0.6) is 0 Å². The lowest BCUT2D eigenvalue weighted by molar-refractivity contribution is -0.154. The molecule has 1 aliphatic rings. The number of carboxylic acid groups (broad SMARTS) is 1. The Labute approximate surface area is 105 Å². The maximum atomic E-state index is 11.5. The van der Waals surface area contributed by atoms with Gasteiger partial charge in [0.15, 0.2) is 0 Å². The largest absolute Gasteiger partial charge is 0.481 e. The first-order valence-corrected chi connectivity index (χ1v) is 6.06. The minimum absolute atomic E-state index is 0.520. The Balaban J connectivity index is 2.20. The molecule has 0 aromatic heterocycles. The number of carbonyl (C=O) groups is 1. The molecule has 1 aliphatic heterocycles. The Bertz CT molecular complexity index is 411. The summed E-state index contributed by atoms with van der Waals surface area (Å²) in [6.45, 7) is 1.04. The van der Waals surface area contributed by atoms with Gasteiger partial charge in [0.1, 0.15) is 0 Å². The molecule has 1 aromatic rings. The highest BCUT2D eigenvalue weighted by molar-refractivity contribution is 6.30. The molecule has 1 aromatic carbocycles. The first-order chi connectivity index (χ1) is 8.12. The molecule has 0 unspecified atom stereocenters. The quantitative estimate of drug-likeness (QED) is 0.902. The summed E-state index contributed by atoms with van der Waals surface area (Å²) in [5.74, 6) is -0.735. The van der Waals surface area contributed by atoms with E-state index in [2.05, 4.69) is 0 Å². The van der Waals surface area contributed by atoms with E-state index in [4.69, 9.17) is 16.3 Å². The van der Waals surface area contributed by atoms with Crippen LogP contribution in [0.4, 0.5) is 0 Å². The van der Waals surface area contributed by atoms with Crippen LogP contribution in [0.3, 0.4) is 0 Å². The summed E-state index contributed by atoms with van der Waals surface area (Å²) < 4.78 is 5.25. The average molecular weight is 255 g/mol. The average Bonchev–Trinajstić information content (AvgIpc) is 2.30. The van der Waals surface area contributed by atoms with Crippen molar-refractivity contribution in [3.63, 3.8) is 0 Å². The maximum Gasteiger partial charge on any atom is 0.310 e. The summed E-state index contributed by atoms with van der Waals surface area (Å²) in [5.41, 5.74) is 0.282. The van der Waals surface area contributed by atoms with Gasteiger partial charge in [-0.25, -0.2) is 0 Å². The molecule has 0 bridgehead atoms. The van der Waals surface area contributed by atoms with Gasteiger partial charge in [0.2, 0.25) is 0 Å². The molecule has 1 fully saturated rings. The first kappa shape index (κ1) is 12.4. The lowest BCUT2D eigenvalue weighted by atomic mass is 9.75. The molecule has 0 aliphatic carbocycles. The monoisotopic (exact) mass is 254 g/mol. The Kier molecular flexibility index (Phi) is 3.69. The van der Waals surface area contributed by atoms with Gasteiger partial charge in [-0.15, -0.1) is 0 Å². The van der Waals surface area contributed by atoms with Crippen LogP contribution in [0, 0.1) is 5.41 Å². The molecule has 0 saturated carbocycles. The second kappa shape index (κ2) is 5.07. The van der Waals surface area contributed by atoms with E-state index in [9.17, 15) is 9.90 Å². The standard InChI is InChI=1S/C13H15ClO3/c14-11-3-1-2-10(8-11)9-13(12(15)16)4-6-17-7-5-13/h1-3,8H,4-7,9H2,(H,15,16). The van der Waals surface area contributed by atoms with Crippen molar-refractivity contribution in [3.05, 3.63) is 34.9 Å². The van der Waals surface area contributed by atoms with E-state index in [1.807, 2.05) is 18.2 Å². The number of halogens is 1. The molecule has 0 spiro atoms. The van der Waals surface area contributed by atoms with Crippen LogP contribution >= 0.6 is 11.6 Å². The van der Waals surface area contributed by atoms with Crippen LogP contribution in [0.15, 0.2) is 24.3 Å². The fourth-order valence-electron chi connectivity index (χ4n) is 2.27. The number of ether oxygens (including phenoxy) is 1. The van der Waals surface area contributed by atoms with Gasteiger partial charge >= 0.3 is 5.97 Å². The van der Waals surface area contributed by atoms with E-state index in [1.54, 1.807) is 6.07 Å². The van der Waals surface area contributed by atoms with E-state index < -0.39 is 11.4 Å². The van der Waals surface area contributed by atoms with Gasteiger partial charge in [-0.2, -0.15) is 0 Å². The lowest BCUT2D eigenvalue weighted by Gasteiger charge is -2.33. The van der Waals surface area contributed by atoms with Crippen LogP contribution < -0.4 is 0 Å². The summed E-state index contributed by atoms with van der Waals surface area (Å²) in [7, 11) is 0. The van der Waals surface area contributed by atoms with Crippen LogP contribution in [-0.4, -0.2) is 24.3 Å². The molecule has 1 N–H and O–H groups in total. The maximum absolute atomic E-state index is 11.5. The molecule has 0 radical (unpaired) electrons. The summed E-state index contributed by atoms with van der Waals surface area (Å²) in [6, 6.07) is 7.41. The molecule has 0 amide bonds. The zero-order valence-corrected chi connectivity index (χ0v) is 10.2. The molecule has 3 nitrogen and oxygen atoms in total. The van der Waals surface area contributed by atoms with Crippen molar-refractivity contribution in [2.45, 2.75) is 19.3 Å². The summed E-state index contributed by atoms with van der Waals surface area (Å²) >= 11 is 5.92. The van der Waals surface area contributed by atoms with E-state index in [1.165, 1.54) is 0 Å². The van der Waals surface area contributed by atoms with Crippen molar-refractivity contribution in [1.82, 2.24) is 0 Å². The third kappa shape index (κ3) is 2.79. The van der Waals surface area contributed by atoms with E-state index in [-0.39, 0.29) is 0 Å². The summed E-state index contributed by atoms with van der Waals surface area (Å²) in [4.78, 5) is 11.5. The number of hydrogen-bond donors (Lipinski definition) is 1. The Morgan fingerprint density at radius 1 is 1.41 bits per heavy atom. The van der Waals surface area contributed by atoms with E-state index >= 15 is 0 Å². The highest BCUT2D eigenvalue weighted by atomic mass is 35.5. The predicted octanol–water partition coefficient (Wildman–Crippen LogP) is 2.76. The van der Waals surface area contributed by atoms with Crippen LogP contribution in [0.25, 0.3) is 0 Å². The van der Waals surface area contributed by atoms with E-state index in [0.717, 1.165) is 5.56 Å². The van der Waals surface area contributed by atoms with Crippen molar-refractivity contribution in [2.24, 2.45) is 5.41 Å². The molecule has 2 rings (SSSR count). The molecular formula is C13H15ClO3. The SMILES string of the molecule is O=C(O)C1(Cc2cccc(Cl)c2)CCOCC1. The second-order valence-corrected chi connectivity index (χ2v) is 4.94. The van der Waals surface area contributed by atoms with E-state index in [0.29, 0.717) is 37.5 Å². The third-order valence-corrected chi connectivity index (χ3v) is 3.57. The van der Waals surface area contributed by atoms with Crippen molar-refractivity contribution in [3.8, 4) is 0 Å². The number of benzene rings is 1. The number of aliphatic carboxylic acids is 1. The summed E-state index contributed by atoms with van der Waals surface area (Å²) in [6.07, 6.45) is 1.65. The fourth-order valence-corrected chi connectivity index (χ4v) is 2.48. The normalized spacial score (nSPS) is 18.9. The van der Waals surface area contributed by atoms with Crippen molar-refractivity contribution >= 4 is 17.6 Å². The van der Waals surface area contributed by atoms with Crippen LogP contribution in [0.1, 0.15) is 18.4 Å². The highest BCUT2D eigenvalue weighted by Gasteiger charge is 2.40. The smallest absolute Gasteiger partial charge is 0.310 e. The Morgan fingerprint density at radius 2 is 2.12 bits per heavy atom. The zero-order chi connectivity index (χ0) is 12.3. The van der Waals surface area contributed by atoms with Crippen LogP contribution in [0.2, 0.25) is 5.02 Å². The van der Waals surface area contributed by atoms with Crippen molar-refractivity contribution in [2.75, 3.05) is 13.2 Å². The molecule has 92 valence electrons. The molecule has 0 atom stereocenters. The van der Waals surface area contributed by atoms with Gasteiger partial charge in [0.05, 0.1) is 5.41 Å². The zero-order valence-electron chi connectivity index (χ0n) is 9.49. The number of carboxylic acids is 1. The topological polar surface area (TPSA) is 46.5 Å². The molecule has 1 saturated heterocycles. The molecular weight excluding hydrogens is 240 g/mol. The van der Waals surface area contributed by atoms with Gasteiger partial charge in [-0.3, -0.25) is 4.79 Å². The highest BCUT2D eigenvalue weighted by Crippen LogP contribution is 2.35. The first-order valence-electron chi connectivity index (χ1n) is 5.68. The van der Waals surface area contributed by atoms with Gasteiger partial charge in [0.25, 0.3) is 0 Å². The molecule has 1 heterocycles. The summed E-state index contributed by atoms with van der Waals surface area (Å²) in [5, 5.41) is 10.1. The van der Waals surface area contributed by atoms with Crippen molar-refractivity contribution in [1.29, 1.82) is 0 Å². The second-order valence-electron chi connectivity index (χ2n) is 4.50. The van der Waals surface area contributed by atoms with Crippen molar-refractivity contribution < 1.29 is 14.6 Å². The van der Waals surface area contributed by atoms with Gasteiger partial charge in [0, 0.05) is 18.2 Å². The predicted molar refractivity (Wildman–Crippen MR) is 65.3 cm³/mol. The van der Waals surface area contributed by atoms with Gasteiger partial charge in [-0.05, 0) is 37.0 Å². The third-order valence-electron chi connectivity index (χ3n) is 3.34. The number of hydrogen-bond acceptors (Lipinski definition) is 2. The lowest BCUT2D eigenvalue weighted by Crippen LogP contribution is -2.39. The van der Waals surface area contributed by atoms with Crippen LogP contribution in [-0.2, 0) is 16.0 Å². The number of rotatable bonds is 3. The Morgan fingerprint density at radius 3 is 2.71 bits per heavy atom. The fraction of sp³-hybridized carbons (Fsp3) is 0.462. The molecule has 17 heavy (non-hydrogen) atoms. The van der Waals surface area contributed by atoms with Gasteiger partial charge in [-0.1, -0.05) is 23.7 Å². The minimum Gasteiger partial charge on any atom is -0.481 e. The minimum atomic E-state index is -0.735.